The fourth-order valence-corrected chi connectivity index (χ4v) is 3.40. The average Bonchev–Trinajstić information content (AvgIpc) is 2.66. The molecule has 0 spiro atoms. The maximum Gasteiger partial charge on any atom is 0.417 e. The second-order valence-corrected chi connectivity index (χ2v) is 6.54. The van der Waals surface area contributed by atoms with Gasteiger partial charge >= 0.3 is 6.18 Å². The van der Waals surface area contributed by atoms with Crippen LogP contribution < -0.4 is 4.90 Å². The van der Waals surface area contributed by atoms with Crippen molar-refractivity contribution in [3.8, 4) is 0 Å². The number of halogens is 3. The lowest BCUT2D eigenvalue weighted by atomic mass is 9.90. The van der Waals surface area contributed by atoms with E-state index in [4.69, 9.17) is 0 Å². The average molecular weight is 315 g/mol. The van der Waals surface area contributed by atoms with Crippen molar-refractivity contribution in [3.63, 3.8) is 0 Å². The van der Waals surface area contributed by atoms with Gasteiger partial charge in [-0.1, -0.05) is 0 Å². The molecule has 1 aromatic rings. The van der Waals surface area contributed by atoms with Crippen LogP contribution in [-0.2, 0) is 11.8 Å². The minimum atomic E-state index is -4.45. The molecule has 0 bridgehead atoms. The first-order chi connectivity index (χ1) is 10.1. The van der Waals surface area contributed by atoms with E-state index in [1.165, 1.54) is 0 Å². The van der Waals surface area contributed by atoms with Gasteiger partial charge in [-0.05, 0) is 26.8 Å². The van der Waals surface area contributed by atoms with E-state index in [2.05, 4.69) is 23.7 Å². The summed E-state index contributed by atoms with van der Waals surface area (Å²) in [5.41, 5.74) is -1.87. The Morgan fingerprint density at radius 1 is 1.36 bits per heavy atom. The zero-order valence-electron chi connectivity index (χ0n) is 12.9. The van der Waals surface area contributed by atoms with E-state index >= 15 is 0 Å². The molecule has 1 saturated heterocycles. The quantitative estimate of drug-likeness (QED) is 0.863. The van der Waals surface area contributed by atoms with E-state index in [0.717, 1.165) is 18.8 Å². The highest BCUT2D eigenvalue weighted by molar-refractivity contribution is 5.59. The molecule has 0 radical (unpaired) electrons. The lowest BCUT2D eigenvalue weighted by Crippen LogP contribution is -2.58. The monoisotopic (exact) mass is 315 g/mol. The Balaban J connectivity index is 2.01. The van der Waals surface area contributed by atoms with Gasteiger partial charge in [0.2, 0.25) is 0 Å². The maximum atomic E-state index is 12.9. The number of hydrogen-bond donors (Lipinski definition) is 1. The Bertz CT molecular complexity index is 586. The number of nitrogens with zero attached hydrogens (tertiary/aromatic N) is 3. The summed E-state index contributed by atoms with van der Waals surface area (Å²) in [5, 5.41) is 10.9. The van der Waals surface area contributed by atoms with Crippen molar-refractivity contribution in [1.29, 1.82) is 0 Å². The summed E-state index contributed by atoms with van der Waals surface area (Å²) >= 11 is 0. The van der Waals surface area contributed by atoms with Crippen LogP contribution in [0.25, 0.3) is 0 Å². The standard InChI is InChI=1S/C15H20F3N3O/c1-9(2)20-4-5-21-12(8-20)14(3,22)11-6-10(15(16,17)18)7-19-13(11)21/h6-7,9,12,22H,4-5,8H2,1-3H3/t12-,14+/m1/s1. The predicted octanol–water partition coefficient (Wildman–Crippen LogP) is 2.22. The van der Waals surface area contributed by atoms with E-state index in [0.29, 0.717) is 24.9 Å². The zero-order valence-corrected chi connectivity index (χ0v) is 12.9. The molecule has 2 atom stereocenters. The molecule has 2 aliphatic heterocycles. The number of pyridine rings is 1. The molecule has 3 heterocycles. The summed E-state index contributed by atoms with van der Waals surface area (Å²) in [5.74, 6) is 0.478. The van der Waals surface area contributed by atoms with Crippen LogP contribution >= 0.6 is 0 Å². The van der Waals surface area contributed by atoms with Crippen molar-refractivity contribution in [2.75, 3.05) is 24.5 Å². The van der Waals surface area contributed by atoms with Crippen molar-refractivity contribution in [2.24, 2.45) is 0 Å². The minimum Gasteiger partial charge on any atom is -0.383 e. The number of piperazine rings is 1. The molecule has 3 rings (SSSR count). The second kappa shape index (κ2) is 4.83. The molecular formula is C15H20F3N3O. The third-order valence-corrected chi connectivity index (χ3v) is 4.80. The van der Waals surface area contributed by atoms with Gasteiger partial charge in [-0.2, -0.15) is 13.2 Å². The number of aromatic nitrogens is 1. The van der Waals surface area contributed by atoms with Crippen LogP contribution in [0.1, 0.15) is 31.9 Å². The first-order valence-corrected chi connectivity index (χ1v) is 7.43. The van der Waals surface area contributed by atoms with Crippen molar-refractivity contribution >= 4 is 5.82 Å². The second-order valence-electron chi connectivity index (χ2n) is 6.54. The number of aliphatic hydroxyl groups is 1. The Morgan fingerprint density at radius 2 is 2.05 bits per heavy atom. The van der Waals surface area contributed by atoms with E-state index < -0.39 is 17.3 Å². The Kier molecular flexibility index (Phi) is 3.41. The number of hydrogen-bond acceptors (Lipinski definition) is 4. The number of alkyl halides is 3. The van der Waals surface area contributed by atoms with E-state index in [-0.39, 0.29) is 11.6 Å². The Labute approximate surface area is 127 Å². The van der Waals surface area contributed by atoms with Gasteiger partial charge in [-0.25, -0.2) is 4.98 Å². The van der Waals surface area contributed by atoms with E-state index in [9.17, 15) is 18.3 Å². The number of rotatable bonds is 1. The number of anilines is 1. The van der Waals surface area contributed by atoms with Crippen molar-refractivity contribution in [3.05, 3.63) is 23.4 Å². The SMILES string of the molecule is CC(C)N1CCN2c3ncc(C(F)(F)F)cc3[C@](C)(O)[C@H]2C1. The molecule has 1 aromatic heterocycles. The fourth-order valence-electron chi connectivity index (χ4n) is 3.40. The van der Waals surface area contributed by atoms with Crippen LogP contribution in [0.5, 0.6) is 0 Å². The molecular weight excluding hydrogens is 295 g/mol. The van der Waals surface area contributed by atoms with Gasteiger partial charge in [0.1, 0.15) is 11.4 Å². The van der Waals surface area contributed by atoms with Crippen LogP contribution in [0.3, 0.4) is 0 Å². The van der Waals surface area contributed by atoms with Gasteiger partial charge in [0.25, 0.3) is 0 Å². The van der Waals surface area contributed by atoms with Crippen molar-refractivity contribution < 1.29 is 18.3 Å². The molecule has 0 unspecified atom stereocenters. The molecule has 0 amide bonds. The zero-order chi connectivity index (χ0) is 16.3. The van der Waals surface area contributed by atoms with Crippen LogP contribution in [0.2, 0.25) is 0 Å². The first-order valence-electron chi connectivity index (χ1n) is 7.43. The largest absolute Gasteiger partial charge is 0.417 e. The molecule has 1 N–H and O–H groups in total. The highest BCUT2D eigenvalue weighted by Crippen LogP contribution is 2.45. The predicted molar refractivity (Wildman–Crippen MR) is 76.7 cm³/mol. The molecule has 7 heteroatoms. The van der Waals surface area contributed by atoms with E-state index in [1.807, 2.05) is 4.90 Å². The van der Waals surface area contributed by atoms with Crippen LogP contribution in [0, 0.1) is 0 Å². The maximum absolute atomic E-state index is 12.9. The third-order valence-electron chi connectivity index (χ3n) is 4.80. The van der Waals surface area contributed by atoms with Gasteiger partial charge in [0.15, 0.2) is 0 Å². The lowest BCUT2D eigenvalue weighted by molar-refractivity contribution is -0.138. The summed E-state index contributed by atoms with van der Waals surface area (Å²) in [4.78, 5) is 8.17. The summed E-state index contributed by atoms with van der Waals surface area (Å²) in [6.07, 6.45) is -3.60. The summed E-state index contributed by atoms with van der Waals surface area (Å²) in [7, 11) is 0. The normalized spacial score (nSPS) is 28.9. The lowest BCUT2D eigenvalue weighted by Gasteiger charge is -2.43. The molecule has 122 valence electrons. The van der Waals surface area contributed by atoms with Gasteiger partial charge in [-0.3, -0.25) is 4.90 Å². The topological polar surface area (TPSA) is 39.6 Å². The van der Waals surface area contributed by atoms with Gasteiger partial charge in [-0.15, -0.1) is 0 Å². The van der Waals surface area contributed by atoms with Crippen LogP contribution in [0.4, 0.5) is 19.0 Å². The van der Waals surface area contributed by atoms with Crippen molar-refractivity contribution in [1.82, 2.24) is 9.88 Å². The van der Waals surface area contributed by atoms with Gasteiger partial charge < -0.3 is 10.0 Å². The van der Waals surface area contributed by atoms with Crippen molar-refractivity contribution in [2.45, 2.75) is 44.6 Å². The van der Waals surface area contributed by atoms with Crippen LogP contribution in [-0.4, -0.2) is 46.7 Å². The molecule has 22 heavy (non-hydrogen) atoms. The smallest absolute Gasteiger partial charge is 0.383 e. The molecule has 0 aromatic carbocycles. The van der Waals surface area contributed by atoms with Gasteiger partial charge in [0, 0.05) is 37.4 Å². The molecule has 2 aliphatic rings. The highest BCUT2D eigenvalue weighted by atomic mass is 19.4. The Morgan fingerprint density at radius 3 is 2.64 bits per heavy atom. The number of fused-ring (bicyclic) bond motifs is 3. The molecule has 0 aliphatic carbocycles. The van der Waals surface area contributed by atoms with Crippen LogP contribution in [0.15, 0.2) is 12.3 Å². The first kappa shape index (κ1) is 15.6. The molecule has 4 nitrogen and oxygen atoms in total. The Hall–Kier alpha value is -1.34. The summed E-state index contributed by atoms with van der Waals surface area (Å²) in [6.45, 7) is 7.82. The molecule has 0 saturated carbocycles. The third kappa shape index (κ3) is 2.27. The fraction of sp³-hybridized carbons (Fsp3) is 0.667. The molecule has 1 fully saturated rings. The highest BCUT2D eigenvalue weighted by Gasteiger charge is 2.51. The minimum absolute atomic E-state index is 0.269. The van der Waals surface area contributed by atoms with Gasteiger partial charge in [0.05, 0.1) is 11.6 Å². The summed E-state index contributed by atoms with van der Waals surface area (Å²) in [6, 6.07) is 1.11. The van der Waals surface area contributed by atoms with E-state index in [1.54, 1.807) is 6.92 Å². The summed E-state index contributed by atoms with van der Waals surface area (Å²) < 4.78 is 38.7.